The van der Waals surface area contributed by atoms with Crippen molar-refractivity contribution in [3.05, 3.63) is 59.8 Å². The minimum absolute atomic E-state index is 0.363. The first-order valence-electron chi connectivity index (χ1n) is 6.79. The second kappa shape index (κ2) is 6.78. The maximum Gasteiger partial charge on any atom is 0.244 e. The lowest BCUT2D eigenvalue weighted by atomic mass is 10.1. The first-order chi connectivity index (χ1) is 10.8. The first-order valence-corrected chi connectivity index (χ1v) is 8.68. The molecular weight excluding hydrogens is 321 g/mol. The summed E-state index contributed by atoms with van der Waals surface area (Å²) >= 11 is 0. The molecule has 0 spiro atoms. The van der Waals surface area contributed by atoms with Crippen LogP contribution in [0.3, 0.4) is 0 Å². The highest BCUT2D eigenvalue weighted by Gasteiger charge is 2.16. The third kappa shape index (κ3) is 4.53. The van der Waals surface area contributed by atoms with Crippen LogP contribution in [-0.2, 0) is 14.6 Å². The summed E-state index contributed by atoms with van der Waals surface area (Å²) in [5.41, 5.74) is 0.467. The monoisotopic (exact) mass is 337 g/mol. The lowest BCUT2D eigenvalue weighted by Gasteiger charge is -2.14. The molecule has 0 fully saturated rings. The molecule has 0 aliphatic heterocycles. The molecule has 1 atom stereocenters. The molecule has 1 amide bonds. The van der Waals surface area contributed by atoms with E-state index in [-0.39, 0.29) is 10.8 Å². The van der Waals surface area contributed by atoms with E-state index in [0.717, 1.165) is 12.3 Å². The predicted molar refractivity (Wildman–Crippen MR) is 83.8 cm³/mol. The molecule has 2 aromatic rings. The van der Waals surface area contributed by atoms with E-state index in [4.69, 9.17) is 4.42 Å². The van der Waals surface area contributed by atoms with E-state index in [9.17, 15) is 17.6 Å². The van der Waals surface area contributed by atoms with E-state index in [1.807, 2.05) is 0 Å². The van der Waals surface area contributed by atoms with Crippen molar-refractivity contribution in [2.45, 2.75) is 17.9 Å². The minimum Gasteiger partial charge on any atom is -0.465 e. The van der Waals surface area contributed by atoms with Gasteiger partial charge in [0, 0.05) is 12.3 Å². The standard InChI is InChI=1S/C16H16FNO4S/c1-11(18-16(19)8-6-13-4-3-9-22-13)12-5-7-15(14(17)10-12)23(2,20)21/h3-11H,1-2H3,(H,18,19). The molecule has 122 valence electrons. The van der Waals surface area contributed by atoms with Crippen LogP contribution in [0.1, 0.15) is 24.3 Å². The lowest BCUT2D eigenvalue weighted by molar-refractivity contribution is -0.117. The summed E-state index contributed by atoms with van der Waals surface area (Å²) in [5.74, 6) is -0.671. The summed E-state index contributed by atoms with van der Waals surface area (Å²) in [4.78, 5) is 11.4. The van der Waals surface area contributed by atoms with Crippen LogP contribution >= 0.6 is 0 Å². The van der Waals surface area contributed by atoms with Crippen molar-refractivity contribution in [1.82, 2.24) is 5.32 Å². The van der Waals surface area contributed by atoms with E-state index in [1.165, 1.54) is 30.5 Å². The number of hydrogen-bond acceptors (Lipinski definition) is 4. The Labute approximate surface area is 133 Å². The second-order valence-corrected chi connectivity index (χ2v) is 7.03. The molecule has 0 bridgehead atoms. The van der Waals surface area contributed by atoms with Gasteiger partial charge >= 0.3 is 0 Å². The minimum atomic E-state index is -3.62. The van der Waals surface area contributed by atoms with Gasteiger partial charge in [-0.15, -0.1) is 0 Å². The summed E-state index contributed by atoms with van der Waals surface area (Å²) in [6.45, 7) is 1.67. The molecule has 1 aromatic heterocycles. The van der Waals surface area contributed by atoms with Gasteiger partial charge in [-0.2, -0.15) is 0 Å². The van der Waals surface area contributed by atoms with Crippen molar-refractivity contribution in [2.75, 3.05) is 6.26 Å². The van der Waals surface area contributed by atoms with Crippen molar-refractivity contribution >= 4 is 21.8 Å². The van der Waals surface area contributed by atoms with Crippen LogP contribution in [0, 0.1) is 5.82 Å². The molecule has 23 heavy (non-hydrogen) atoms. The fraction of sp³-hybridized carbons (Fsp3) is 0.188. The smallest absolute Gasteiger partial charge is 0.244 e. The molecule has 2 rings (SSSR count). The highest BCUT2D eigenvalue weighted by molar-refractivity contribution is 7.90. The highest BCUT2D eigenvalue weighted by Crippen LogP contribution is 2.20. The number of rotatable bonds is 5. The topological polar surface area (TPSA) is 76.4 Å². The van der Waals surface area contributed by atoms with Crippen molar-refractivity contribution < 1.29 is 22.0 Å². The SMILES string of the molecule is CC(NC(=O)C=Cc1ccco1)c1ccc(S(C)(=O)=O)c(F)c1. The van der Waals surface area contributed by atoms with Crippen LogP contribution < -0.4 is 5.32 Å². The quantitative estimate of drug-likeness (QED) is 0.851. The van der Waals surface area contributed by atoms with E-state index in [2.05, 4.69) is 5.32 Å². The molecule has 0 aliphatic rings. The zero-order valence-corrected chi connectivity index (χ0v) is 13.4. The van der Waals surface area contributed by atoms with Crippen LogP contribution in [0.2, 0.25) is 0 Å². The summed E-state index contributed by atoms with van der Waals surface area (Å²) in [6, 6.07) is 6.70. The summed E-state index contributed by atoms with van der Waals surface area (Å²) in [6.07, 6.45) is 5.24. The summed E-state index contributed by atoms with van der Waals surface area (Å²) in [5, 5.41) is 2.66. The van der Waals surface area contributed by atoms with Gasteiger partial charge in [0.05, 0.1) is 12.3 Å². The lowest BCUT2D eigenvalue weighted by Crippen LogP contribution is -2.24. The third-order valence-corrected chi connectivity index (χ3v) is 4.29. The summed E-state index contributed by atoms with van der Waals surface area (Å²) in [7, 11) is -3.62. The maximum atomic E-state index is 13.9. The predicted octanol–water partition coefficient (Wildman–Crippen LogP) is 2.71. The second-order valence-electron chi connectivity index (χ2n) is 5.04. The number of carbonyl (C=O) groups excluding carboxylic acids is 1. The van der Waals surface area contributed by atoms with Crippen molar-refractivity contribution in [1.29, 1.82) is 0 Å². The van der Waals surface area contributed by atoms with E-state index in [1.54, 1.807) is 19.1 Å². The fourth-order valence-electron chi connectivity index (χ4n) is 1.98. The number of sulfone groups is 1. The van der Waals surface area contributed by atoms with Crippen LogP contribution in [-0.4, -0.2) is 20.6 Å². The van der Waals surface area contributed by atoms with E-state index < -0.39 is 21.7 Å². The molecule has 0 saturated heterocycles. The normalized spacial score (nSPS) is 13.2. The van der Waals surface area contributed by atoms with Gasteiger partial charge in [-0.05, 0) is 42.8 Å². The van der Waals surface area contributed by atoms with Gasteiger partial charge in [-0.25, -0.2) is 12.8 Å². The number of hydrogen-bond donors (Lipinski definition) is 1. The van der Waals surface area contributed by atoms with Gasteiger partial charge in [0.1, 0.15) is 16.5 Å². The Hall–Kier alpha value is -2.41. The first kappa shape index (κ1) is 17.0. The zero-order valence-electron chi connectivity index (χ0n) is 12.6. The van der Waals surface area contributed by atoms with Crippen molar-refractivity contribution in [2.24, 2.45) is 0 Å². The number of carbonyl (C=O) groups is 1. The Morgan fingerprint density at radius 2 is 2.09 bits per heavy atom. The largest absolute Gasteiger partial charge is 0.465 e. The van der Waals surface area contributed by atoms with Crippen LogP contribution in [0.5, 0.6) is 0 Å². The average molecular weight is 337 g/mol. The number of halogens is 1. The fourth-order valence-corrected chi connectivity index (χ4v) is 2.70. The summed E-state index contributed by atoms with van der Waals surface area (Å²) < 4.78 is 41.7. The average Bonchev–Trinajstić information content (AvgIpc) is 2.96. The molecule has 1 N–H and O–H groups in total. The van der Waals surface area contributed by atoms with Gasteiger partial charge in [-0.1, -0.05) is 6.07 Å². The van der Waals surface area contributed by atoms with Crippen LogP contribution in [0.4, 0.5) is 4.39 Å². The molecule has 7 heteroatoms. The number of amides is 1. The van der Waals surface area contributed by atoms with Gasteiger partial charge in [0.15, 0.2) is 9.84 Å². The van der Waals surface area contributed by atoms with Gasteiger partial charge in [0.25, 0.3) is 0 Å². The number of nitrogens with one attached hydrogen (secondary N) is 1. The molecule has 1 heterocycles. The molecule has 1 unspecified atom stereocenters. The Balaban J connectivity index is 2.07. The molecule has 0 radical (unpaired) electrons. The van der Waals surface area contributed by atoms with Gasteiger partial charge in [0.2, 0.25) is 5.91 Å². The molecule has 1 aromatic carbocycles. The zero-order chi connectivity index (χ0) is 17.0. The third-order valence-electron chi connectivity index (χ3n) is 3.16. The number of benzene rings is 1. The Bertz CT molecular complexity index is 826. The maximum absolute atomic E-state index is 13.9. The molecular formula is C16H16FNO4S. The van der Waals surface area contributed by atoms with Crippen LogP contribution in [0.25, 0.3) is 6.08 Å². The van der Waals surface area contributed by atoms with Crippen LogP contribution in [0.15, 0.2) is 52.0 Å². The Morgan fingerprint density at radius 3 is 2.65 bits per heavy atom. The van der Waals surface area contributed by atoms with Gasteiger partial charge < -0.3 is 9.73 Å². The molecule has 0 saturated carbocycles. The van der Waals surface area contributed by atoms with E-state index in [0.29, 0.717) is 11.3 Å². The molecule has 5 nitrogen and oxygen atoms in total. The van der Waals surface area contributed by atoms with E-state index >= 15 is 0 Å². The van der Waals surface area contributed by atoms with Gasteiger partial charge in [-0.3, -0.25) is 4.79 Å². The Kier molecular flexibility index (Phi) is 5.00. The van der Waals surface area contributed by atoms with Crippen molar-refractivity contribution in [3.63, 3.8) is 0 Å². The Morgan fingerprint density at radius 1 is 1.35 bits per heavy atom. The number of furan rings is 1. The highest BCUT2D eigenvalue weighted by atomic mass is 32.2. The molecule has 0 aliphatic carbocycles. The van der Waals surface area contributed by atoms with Crippen molar-refractivity contribution in [3.8, 4) is 0 Å².